The Labute approximate surface area is 111 Å². The highest BCUT2D eigenvalue weighted by atomic mass is 32.2. The summed E-state index contributed by atoms with van der Waals surface area (Å²) >= 11 is 1.50. The summed E-state index contributed by atoms with van der Waals surface area (Å²) in [7, 11) is 2.17. The predicted octanol–water partition coefficient (Wildman–Crippen LogP) is 1.11. The highest BCUT2D eigenvalue weighted by Crippen LogP contribution is 2.06. The fourth-order valence-corrected chi connectivity index (χ4v) is 1.69. The Kier molecular flexibility index (Phi) is 10.4. The minimum Gasteiger partial charge on any atom is -0.306 e. The van der Waals surface area contributed by atoms with E-state index in [1.165, 1.54) is 39.8 Å². The summed E-state index contributed by atoms with van der Waals surface area (Å²) in [5.41, 5.74) is 0. The molecule has 17 heavy (non-hydrogen) atoms. The lowest BCUT2D eigenvalue weighted by Gasteiger charge is -2.01. The zero-order valence-electron chi connectivity index (χ0n) is 10.3. The van der Waals surface area contributed by atoms with Gasteiger partial charge in [0, 0.05) is 13.8 Å². The Balaban J connectivity index is 0.000000354. The Morgan fingerprint density at radius 1 is 1.06 bits per heavy atom. The molecule has 1 saturated heterocycles. The number of nitrogens with zero attached hydrogens (tertiary/aromatic N) is 1. The number of rotatable bonds is 4. The van der Waals surface area contributed by atoms with Gasteiger partial charge in [-0.3, -0.25) is 19.0 Å². The summed E-state index contributed by atoms with van der Waals surface area (Å²) in [6.45, 7) is 5.36. The van der Waals surface area contributed by atoms with E-state index in [1.54, 1.807) is 0 Å². The van der Waals surface area contributed by atoms with Crippen LogP contribution in [0.4, 0.5) is 0 Å². The number of nitrogens with one attached hydrogen (secondary N) is 2. The second-order valence-corrected chi connectivity index (χ2v) is 4.85. The Bertz CT molecular complexity index is 220. The maximum atomic E-state index is 10.2. The van der Waals surface area contributed by atoms with E-state index in [9.17, 15) is 9.59 Å². The van der Waals surface area contributed by atoms with Gasteiger partial charge in [0.1, 0.15) is 24.5 Å². The molecule has 0 aliphatic carbocycles. The molecule has 0 aromatic carbocycles. The first-order chi connectivity index (χ1) is 8.02. The van der Waals surface area contributed by atoms with Crippen molar-refractivity contribution in [1.82, 2.24) is 14.3 Å². The summed E-state index contributed by atoms with van der Waals surface area (Å²) in [4.78, 5) is 22.8. The second kappa shape index (κ2) is 10.7. The average molecular weight is 281 g/mol. The van der Waals surface area contributed by atoms with Crippen molar-refractivity contribution in [2.24, 2.45) is 0 Å². The summed E-state index contributed by atoms with van der Waals surface area (Å²) in [6.07, 6.45) is 2.83. The number of amides is 2. The van der Waals surface area contributed by atoms with E-state index in [0.29, 0.717) is 0 Å². The molecule has 6 nitrogen and oxygen atoms in total. The quantitative estimate of drug-likeness (QED) is 0.457. The predicted molar refractivity (Wildman–Crippen MR) is 70.6 cm³/mol. The molecule has 0 bridgehead atoms. The molecule has 0 saturated carbocycles. The van der Waals surface area contributed by atoms with Crippen LogP contribution in [0.15, 0.2) is 0 Å². The van der Waals surface area contributed by atoms with Crippen LogP contribution in [0.5, 0.6) is 0 Å². The maximum absolute atomic E-state index is 10.2. The van der Waals surface area contributed by atoms with Crippen molar-refractivity contribution in [2.75, 3.05) is 20.1 Å². The monoisotopic (exact) mass is 281 g/mol. The van der Waals surface area contributed by atoms with Gasteiger partial charge < -0.3 is 4.90 Å². The molecule has 1 aliphatic heterocycles. The molecule has 1 rings (SSSR count). The fraction of sp³-hybridized carbons (Fsp3) is 0.778. The van der Waals surface area contributed by atoms with E-state index in [-0.39, 0.29) is 11.8 Å². The molecule has 1 aliphatic rings. The standard InChI is InChI=1S/C5H11N.C4H8N2O3S2/c1-6-4-2-3-5-6;1-3(7)5-10-9-11-6-4(2)8/h2-5H2,1H3;1-2H3,(H,5,7)(H,6,8). The van der Waals surface area contributed by atoms with E-state index in [1.807, 2.05) is 0 Å². The SMILES string of the molecule is CC(=O)NSOSNC(C)=O.CN1CCCC1. The van der Waals surface area contributed by atoms with Crippen LogP contribution in [0.1, 0.15) is 26.7 Å². The van der Waals surface area contributed by atoms with Crippen LogP contribution in [0, 0.1) is 0 Å². The van der Waals surface area contributed by atoms with Crippen LogP contribution < -0.4 is 9.44 Å². The second-order valence-electron chi connectivity index (χ2n) is 3.56. The molecule has 0 spiro atoms. The van der Waals surface area contributed by atoms with Crippen LogP contribution in [0.3, 0.4) is 0 Å². The molecule has 0 atom stereocenters. The van der Waals surface area contributed by atoms with E-state index >= 15 is 0 Å². The van der Waals surface area contributed by atoms with Crippen molar-refractivity contribution in [3.8, 4) is 0 Å². The molecule has 0 aromatic heterocycles. The van der Waals surface area contributed by atoms with Crippen LogP contribution in [-0.2, 0) is 13.2 Å². The summed E-state index contributed by atoms with van der Waals surface area (Å²) < 4.78 is 9.23. The van der Waals surface area contributed by atoms with Gasteiger partial charge in [-0.25, -0.2) is 3.63 Å². The molecule has 2 N–H and O–H groups in total. The van der Waals surface area contributed by atoms with Gasteiger partial charge in [-0.1, -0.05) is 0 Å². The van der Waals surface area contributed by atoms with Crippen LogP contribution >= 0.6 is 24.5 Å². The first-order valence-electron chi connectivity index (χ1n) is 5.23. The molecule has 8 heteroatoms. The van der Waals surface area contributed by atoms with E-state index in [2.05, 4.69) is 25.0 Å². The van der Waals surface area contributed by atoms with Gasteiger partial charge >= 0.3 is 0 Å². The zero-order chi connectivity index (χ0) is 13.1. The van der Waals surface area contributed by atoms with Crippen molar-refractivity contribution in [3.63, 3.8) is 0 Å². The van der Waals surface area contributed by atoms with Gasteiger partial charge in [0.25, 0.3) is 0 Å². The van der Waals surface area contributed by atoms with Gasteiger partial charge in [-0.2, -0.15) is 0 Å². The minimum absolute atomic E-state index is 0.210. The molecule has 1 fully saturated rings. The summed E-state index contributed by atoms with van der Waals surface area (Å²) in [5.74, 6) is -0.420. The van der Waals surface area contributed by atoms with E-state index in [0.717, 1.165) is 24.5 Å². The molecule has 100 valence electrons. The van der Waals surface area contributed by atoms with Crippen molar-refractivity contribution >= 4 is 36.3 Å². The summed E-state index contributed by atoms with van der Waals surface area (Å²) in [5, 5.41) is 0. The van der Waals surface area contributed by atoms with Crippen molar-refractivity contribution in [1.29, 1.82) is 0 Å². The highest BCUT2D eigenvalue weighted by molar-refractivity contribution is 8.06. The molecule has 0 aromatic rings. The summed E-state index contributed by atoms with van der Waals surface area (Å²) in [6, 6.07) is 0. The van der Waals surface area contributed by atoms with Gasteiger partial charge in [0.2, 0.25) is 11.8 Å². The van der Waals surface area contributed by atoms with E-state index < -0.39 is 0 Å². The fourth-order valence-electron chi connectivity index (χ4n) is 1.04. The lowest BCUT2D eigenvalue weighted by molar-refractivity contribution is -0.117. The van der Waals surface area contributed by atoms with Crippen LogP contribution in [0.25, 0.3) is 0 Å². The number of hydrogen-bond acceptors (Lipinski definition) is 6. The third-order valence-corrected chi connectivity index (χ3v) is 3.05. The first-order valence-corrected chi connectivity index (χ1v) is 6.71. The van der Waals surface area contributed by atoms with Crippen LogP contribution in [-0.4, -0.2) is 36.9 Å². The normalized spacial score (nSPS) is 14.8. The molecule has 2 amide bonds. The van der Waals surface area contributed by atoms with Gasteiger partial charge in [-0.15, -0.1) is 0 Å². The smallest absolute Gasteiger partial charge is 0.228 e. The Morgan fingerprint density at radius 3 is 1.71 bits per heavy atom. The topological polar surface area (TPSA) is 70.7 Å². The van der Waals surface area contributed by atoms with Gasteiger partial charge in [-0.05, 0) is 33.0 Å². The molecular weight excluding hydrogens is 262 g/mol. The third kappa shape index (κ3) is 13.5. The van der Waals surface area contributed by atoms with Crippen molar-refractivity contribution in [3.05, 3.63) is 0 Å². The molecule has 0 radical (unpaired) electrons. The van der Waals surface area contributed by atoms with E-state index in [4.69, 9.17) is 0 Å². The Hall–Kier alpha value is -0.440. The first kappa shape index (κ1) is 16.6. The highest BCUT2D eigenvalue weighted by Gasteiger charge is 2.03. The molecule has 1 heterocycles. The zero-order valence-corrected chi connectivity index (χ0v) is 11.9. The molecule has 0 unspecified atom stereocenters. The van der Waals surface area contributed by atoms with Gasteiger partial charge in [0.05, 0.1) is 0 Å². The van der Waals surface area contributed by atoms with Crippen molar-refractivity contribution in [2.45, 2.75) is 26.7 Å². The molecular formula is C9H19N3O3S2. The number of carbonyl (C=O) groups excluding carboxylic acids is 2. The average Bonchev–Trinajstić information content (AvgIpc) is 2.68. The number of likely N-dealkylation sites (tertiary alicyclic amines) is 1. The van der Waals surface area contributed by atoms with Crippen LogP contribution in [0.2, 0.25) is 0 Å². The third-order valence-electron chi connectivity index (χ3n) is 1.77. The van der Waals surface area contributed by atoms with Crippen molar-refractivity contribution < 1.29 is 13.2 Å². The maximum Gasteiger partial charge on any atom is 0.228 e. The minimum atomic E-state index is -0.210. The number of carbonyl (C=O) groups is 2. The lowest BCUT2D eigenvalue weighted by Crippen LogP contribution is -2.13. The number of hydrogen-bond donors (Lipinski definition) is 2. The largest absolute Gasteiger partial charge is 0.306 e. The lowest BCUT2D eigenvalue weighted by atomic mass is 10.4. The Morgan fingerprint density at radius 2 is 1.47 bits per heavy atom. The van der Waals surface area contributed by atoms with Gasteiger partial charge in [0.15, 0.2) is 0 Å².